The largest absolute Gasteiger partial charge is 0.462 e. The summed E-state index contributed by atoms with van der Waals surface area (Å²) >= 11 is 2.97. The van der Waals surface area contributed by atoms with Crippen LogP contribution in [0.2, 0.25) is 0 Å². The molecule has 0 spiro atoms. The first-order valence-electron chi connectivity index (χ1n) is 14.3. The van der Waals surface area contributed by atoms with Crippen LogP contribution in [0.1, 0.15) is 73.8 Å². The molecule has 0 fully saturated rings. The van der Waals surface area contributed by atoms with E-state index in [0.29, 0.717) is 35.0 Å². The number of ether oxygens (including phenoxy) is 1. The molecule has 4 rings (SSSR count). The van der Waals surface area contributed by atoms with Crippen molar-refractivity contribution in [2.24, 2.45) is 11.3 Å². The first-order chi connectivity index (χ1) is 19.6. The average molecular weight is 593 g/mol. The summed E-state index contributed by atoms with van der Waals surface area (Å²) in [4.78, 5) is 41.2. The molecule has 1 aromatic heterocycles. The Labute approximate surface area is 251 Å². The highest BCUT2D eigenvalue weighted by atomic mass is 32.2. The van der Waals surface area contributed by atoms with Crippen LogP contribution in [0.25, 0.3) is 0 Å². The van der Waals surface area contributed by atoms with Gasteiger partial charge in [-0.3, -0.25) is 9.59 Å². The lowest BCUT2D eigenvalue weighted by Crippen LogP contribution is -2.27. The Kier molecular flexibility index (Phi) is 10.3. The lowest BCUT2D eigenvalue weighted by molar-refractivity contribution is -0.116. The van der Waals surface area contributed by atoms with Crippen molar-refractivity contribution in [1.82, 2.24) is 0 Å². The maximum atomic E-state index is 13.5. The van der Waals surface area contributed by atoms with Gasteiger partial charge in [0.1, 0.15) is 5.00 Å². The number of benzene rings is 2. The van der Waals surface area contributed by atoms with Gasteiger partial charge in [-0.25, -0.2) is 4.79 Å². The third kappa shape index (κ3) is 8.01. The Hall–Kier alpha value is -3.10. The van der Waals surface area contributed by atoms with Gasteiger partial charge in [0, 0.05) is 15.5 Å². The first-order valence-corrected chi connectivity index (χ1v) is 16.0. The Balaban J connectivity index is 1.47. The van der Waals surface area contributed by atoms with Crippen LogP contribution in [0.3, 0.4) is 0 Å². The molecule has 2 amide bonds. The van der Waals surface area contributed by atoms with Crippen LogP contribution in [-0.2, 0) is 33.6 Å². The molecule has 2 N–H and O–H groups in total. The predicted octanol–water partition coefficient (Wildman–Crippen LogP) is 7.77. The zero-order chi connectivity index (χ0) is 29.6. The van der Waals surface area contributed by atoms with E-state index in [1.807, 2.05) is 61.5 Å². The summed E-state index contributed by atoms with van der Waals surface area (Å²) in [6.45, 7) is 10.8. The quantitative estimate of drug-likeness (QED) is 0.186. The molecule has 1 aliphatic rings. The van der Waals surface area contributed by atoms with E-state index in [1.54, 1.807) is 6.92 Å². The number of esters is 1. The van der Waals surface area contributed by atoms with E-state index in [1.165, 1.54) is 28.0 Å². The van der Waals surface area contributed by atoms with Gasteiger partial charge in [-0.2, -0.15) is 0 Å². The van der Waals surface area contributed by atoms with Crippen molar-refractivity contribution in [3.63, 3.8) is 0 Å². The summed E-state index contributed by atoms with van der Waals surface area (Å²) in [5.74, 6) is -0.0849. The molecular weight excluding hydrogens is 553 g/mol. The summed E-state index contributed by atoms with van der Waals surface area (Å²) in [7, 11) is 0. The highest BCUT2D eigenvalue weighted by Crippen LogP contribution is 2.45. The second kappa shape index (κ2) is 13.7. The predicted molar refractivity (Wildman–Crippen MR) is 169 cm³/mol. The molecule has 0 radical (unpaired) electrons. The normalized spacial score (nSPS) is 15.5. The number of anilines is 2. The standard InChI is InChI=1S/C33H40N2O4S2/c1-6-26(40-24-15-11-14-23(20-24)34-28(36)18-21-12-9-8-10-13-21)30(37)35-31-29(32(38)39-7-2)25-17-16-22(33(3,4)5)19-27(25)41-31/h8-15,20,22,26H,6-7,16-19H2,1-5H3,(H,34,36)(H,35,37). The van der Waals surface area contributed by atoms with E-state index in [0.717, 1.165) is 35.3 Å². The van der Waals surface area contributed by atoms with Gasteiger partial charge in [-0.1, -0.05) is 64.1 Å². The van der Waals surface area contributed by atoms with Crippen molar-refractivity contribution in [2.75, 3.05) is 17.2 Å². The second-order valence-corrected chi connectivity index (χ2v) is 13.9. The topological polar surface area (TPSA) is 84.5 Å². The van der Waals surface area contributed by atoms with E-state index >= 15 is 0 Å². The van der Waals surface area contributed by atoms with Crippen molar-refractivity contribution < 1.29 is 19.1 Å². The van der Waals surface area contributed by atoms with E-state index < -0.39 is 0 Å². The van der Waals surface area contributed by atoms with Gasteiger partial charge in [0.05, 0.1) is 23.8 Å². The number of rotatable bonds is 10. The Bertz CT molecular complexity index is 1380. The average Bonchev–Trinajstić information content (AvgIpc) is 3.29. The number of nitrogens with one attached hydrogen (secondary N) is 2. The summed E-state index contributed by atoms with van der Waals surface area (Å²) in [6.07, 6.45) is 3.63. The molecule has 6 nitrogen and oxygen atoms in total. The van der Waals surface area contributed by atoms with E-state index in [4.69, 9.17) is 4.74 Å². The van der Waals surface area contributed by atoms with Crippen molar-refractivity contribution in [3.05, 3.63) is 76.2 Å². The monoisotopic (exact) mass is 592 g/mol. The minimum Gasteiger partial charge on any atom is -0.462 e. The molecule has 218 valence electrons. The fourth-order valence-electron chi connectivity index (χ4n) is 5.14. The Morgan fingerprint density at radius 2 is 1.80 bits per heavy atom. The van der Waals surface area contributed by atoms with E-state index in [2.05, 4.69) is 31.4 Å². The molecule has 2 atom stereocenters. The summed E-state index contributed by atoms with van der Waals surface area (Å²) < 4.78 is 5.41. The Morgan fingerprint density at radius 3 is 2.49 bits per heavy atom. The lowest BCUT2D eigenvalue weighted by Gasteiger charge is -2.33. The third-order valence-electron chi connectivity index (χ3n) is 7.47. The molecular formula is C33H40N2O4S2. The fourth-order valence-corrected chi connectivity index (χ4v) is 7.48. The van der Waals surface area contributed by atoms with Gasteiger partial charge in [0.25, 0.3) is 0 Å². The van der Waals surface area contributed by atoms with Crippen molar-refractivity contribution in [1.29, 1.82) is 0 Å². The van der Waals surface area contributed by atoms with Crippen LogP contribution < -0.4 is 10.6 Å². The van der Waals surface area contributed by atoms with Crippen LogP contribution in [0.4, 0.5) is 10.7 Å². The number of thioether (sulfide) groups is 1. The third-order valence-corrected chi connectivity index (χ3v) is 10.0. The Morgan fingerprint density at radius 1 is 1.05 bits per heavy atom. The molecule has 0 bridgehead atoms. The molecule has 0 saturated heterocycles. The number of fused-ring (bicyclic) bond motifs is 1. The fraction of sp³-hybridized carbons (Fsp3) is 0.424. The van der Waals surface area contributed by atoms with Gasteiger partial charge in [-0.05, 0) is 73.3 Å². The minimum absolute atomic E-state index is 0.0926. The number of hydrogen-bond acceptors (Lipinski definition) is 6. The first kappa shape index (κ1) is 30.8. The van der Waals surface area contributed by atoms with Gasteiger partial charge in [0.2, 0.25) is 11.8 Å². The SMILES string of the molecule is CCOC(=O)c1c(NC(=O)C(CC)Sc2cccc(NC(=O)Cc3ccccc3)c2)sc2c1CCC(C(C)(C)C)C2. The molecule has 8 heteroatoms. The molecule has 2 unspecified atom stereocenters. The highest BCUT2D eigenvalue weighted by molar-refractivity contribution is 8.00. The van der Waals surface area contributed by atoms with Crippen molar-refractivity contribution >= 4 is 51.6 Å². The van der Waals surface area contributed by atoms with Crippen LogP contribution in [0, 0.1) is 11.3 Å². The number of carbonyl (C=O) groups excluding carboxylic acids is 3. The summed E-state index contributed by atoms with van der Waals surface area (Å²) in [5, 5.41) is 6.27. The van der Waals surface area contributed by atoms with E-state index in [9.17, 15) is 14.4 Å². The van der Waals surface area contributed by atoms with Crippen LogP contribution in [-0.4, -0.2) is 29.6 Å². The maximum Gasteiger partial charge on any atom is 0.341 e. The lowest BCUT2D eigenvalue weighted by atomic mass is 9.72. The zero-order valence-electron chi connectivity index (χ0n) is 24.5. The second-order valence-electron chi connectivity index (χ2n) is 11.5. The van der Waals surface area contributed by atoms with Crippen molar-refractivity contribution in [2.45, 2.75) is 76.9 Å². The van der Waals surface area contributed by atoms with E-state index in [-0.39, 0.29) is 35.1 Å². The smallest absolute Gasteiger partial charge is 0.341 e. The number of carbonyl (C=O) groups is 3. The highest BCUT2D eigenvalue weighted by Gasteiger charge is 2.35. The van der Waals surface area contributed by atoms with Gasteiger partial charge >= 0.3 is 5.97 Å². The molecule has 41 heavy (non-hydrogen) atoms. The molecule has 3 aromatic rings. The summed E-state index contributed by atoms with van der Waals surface area (Å²) in [5.41, 5.74) is 3.37. The molecule has 0 aliphatic heterocycles. The molecule has 1 aliphatic carbocycles. The molecule has 1 heterocycles. The molecule has 0 saturated carbocycles. The number of amides is 2. The summed E-state index contributed by atoms with van der Waals surface area (Å²) in [6, 6.07) is 17.2. The zero-order valence-corrected chi connectivity index (χ0v) is 26.2. The van der Waals surface area contributed by atoms with Crippen LogP contribution >= 0.6 is 23.1 Å². The van der Waals surface area contributed by atoms with Crippen LogP contribution in [0.5, 0.6) is 0 Å². The van der Waals surface area contributed by atoms with Crippen LogP contribution in [0.15, 0.2) is 59.5 Å². The maximum absolute atomic E-state index is 13.5. The number of thiophene rings is 1. The minimum atomic E-state index is -0.373. The van der Waals surface area contributed by atoms with Gasteiger partial charge < -0.3 is 15.4 Å². The molecule has 2 aromatic carbocycles. The van der Waals surface area contributed by atoms with Gasteiger partial charge in [0.15, 0.2) is 0 Å². The number of hydrogen-bond donors (Lipinski definition) is 2. The van der Waals surface area contributed by atoms with Gasteiger partial charge in [-0.15, -0.1) is 23.1 Å². The van der Waals surface area contributed by atoms with Crippen molar-refractivity contribution in [3.8, 4) is 0 Å².